The van der Waals surface area contributed by atoms with Crippen molar-refractivity contribution in [1.29, 1.82) is 0 Å². The van der Waals surface area contributed by atoms with Crippen LogP contribution in [0.15, 0.2) is 41.3 Å². The van der Waals surface area contributed by atoms with Gasteiger partial charge in [-0.25, -0.2) is 13.9 Å². The highest BCUT2D eigenvalue weighted by molar-refractivity contribution is 7.89. The van der Waals surface area contributed by atoms with Gasteiger partial charge < -0.3 is 9.64 Å². The molecule has 0 aromatic heterocycles. The zero-order valence-corrected chi connectivity index (χ0v) is 17.8. The van der Waals surface area contributed by atoms with E-state index in [1.54, 1.807) is 30.0 Å². The Labute approximate surface area is 179 Å². The molecule has 0 spiro atoms. The Bertz CT molecular complexity index is 1110. The van der Waals surface area contributed by atoms with E-state index in [2.05, 4.69) is 0 Å². The molecule has 0 radical (unpaired) electrons. The van der Waals surface area contributed by atoms with Crippen molar-refractivity contribution in [2.45, 2.75) is 11.8 Å². The number of piperazine rings is 1. The van der Waals surface area contributed by atoms with E-state index in [4.69, 9.17) is 9.94 Å². The summed E-state index contributed by atoms with van der Waals surface area (Å²) in [5.74, 6) is -0.636. The smallest absolute Gasteiger partial charge is 0.276 e. The summed E-state index contributed by atoms with van der Waals surface area (Å²) in [7, 11) is -2.40. The maximum Gasteiger partial charge on any atom is 0.276 e. The summed E-state index contributed by atoms with van der Waals surface area (Å²) in [5.41, 5.74) is 2.26. The van der Waals surface area contributed by atoms with Crippen LogP contribution in [-0.4, -0.2) is 62.0 Å². The number of benzene rings is 2. The molecule has 0 aliphatic carbocycles. The molecular formula is C19H22N4O7S. The minimum atomic E-state index is -3.81. The number of hydrogen-bond donors (Lipinski definition) is 2. The largest absolute Gasteiger partial charge is 0.495 e. The number of methoxy groups -OCH3 is 1. The zero-order valence-electron chi connectivity index (χ0n) is 16.9. The van der Waals surface area contributed by atoms with Crippen molar-refractivity contribution in [1.82, 2.24) is 9.79 Å². The molecule has 2 aromatic carbocycles. The van der Waals surface area contributed by atoms with Crippen LogP contribution in [0, 0.1) is 17.0 Å². The summed E-state index contributed by atoms with van der Waals surface area (Å²) < 4.78 is 32.9. The highest BCUT2D eigenvalue weighted by Gasteiger charge is 2.32. The Kier molecular flexibility index (Phi) is 6.43. The lowest BCUT2D eigenvalue weighted by Gasteiger charge is -2.36. The quantitative estimate of drug-likeness (QED) is 0.383. The number of carbonyl (C=O) groups is 1. The third-order valence-corrected chi connectivity index (χ3v) is 6.97. The zero-order chi connectivity index (χ0) is 22.8. The number of non-ortho nitro benzene ring substituents is 1. The first-order valence-electron chi connectivity index (χ1n) is 9.31. The number of nitro benzene ring substituents is 1. The number of nitro groups is 1. The van der Waals surface area contributed by atoms with Gasteiger partial charge in [0.25, 0.3) is 11.6 Å². The molecule has 0 unspecified atom stereocenters. The molecule has 0 saturated carbocycles. The molecule has 2 aromatic rings. The number of hydrogen-bond acceptors (Lipinski definition) is 8. The molecule has 0 bridgehead atoms. The fraction of sp³-hybridized carbons (Fsp3) is 0.316. The number of anilines is 1. The van der Waals surface area contributed by atoms with Gasteiger partial charge in [0.2, 0.25) is 10.0 Å². The first-order chi connectivity index (χ1) is 14.7. The standard InChI is InChI=1S/C19H22N4O7S/c1-13-3-6-17(30-2)18(11-13)31(28,29)22-9-7-21(8-10-22)16-5-4-14(23(26)27)12-15(16)19(24)20-25/h3-6,11-12,25H,7-10H2,1-2H3,(H,20,24). The number of rotatable bonds is 6. The van der Waals surface area contributed by atoms with Crippen LogP contribution >= 0.6 is 0 Å². The van der Waals surface area contributed by atoms with Crippen molar-refractivity contribution in [3.8, 4) is 5.75 Å². The van der Waals surface area contributed by atoms with Crippen LogP contribution in [0.25, 0.3) is 0 Å². The van der Waals surface area contributed by atoms with Gasteiger partial charge in [0.05, 0.1) is 23.3 Å². The number of hydroxylamine groups is 1. The van der Waals surface area contributed by atoms with Crippen LogP contribution in [0.1, 0.15) is 15.9 Å². The predicted octanol–water partition coefficient (Wildman–Crippen LogP) is 1.54. The monoisotopic (exact) mass is 450 g/mol. The van der Waals surface area contributed by atoms with Gasteiger partial charge in [-0.15, -0.1) is 0 Å². The van der Waals surface area contributed by atoms with Crippen LogP contribution in [0.3, 0.4) is 0 Å². The summed E-state index contributed by atoms with van der Waals surface area (Å²) in [4.78, 5) is 24.2. The van der Waals surface area contributed by atoms with Gasteiger partial charge in [-0.2, -0.15) is 4.31 Å². The topological polar surface area (TPSA) is 142 Å². The third-order valence-electron chi connectivity index (χ3n) is 5.05. The highest BCUT2D eigenvalue weighted by atomic mass is 32.2. The summed E-state index contributed by atoms with van der Waals surface area (Å²) in [6.07, 6.45) is 0. The van der Waals surface area contributed by atoms with Crippen LogP contribution in [0.2, 0.25) is 0 Å². The number of nitrogens with zero attached hydrogens (tertiary/aromatic N) is 3. The van der Waals surface area contributed by atoms with Crippen molar-refractivity contribution < 1.29 is 28.1 Å². The average Bonchev–Trinajstić information content (AvgIpc) is 2.78. The first-order valence-corrected chi connectivity index (χ1v) is 10.8. The minimum absolute atomic E-state index is 0.0756. The van der Waals surface area contributed by atoms with Gasteiger partial charge in [0.15, 0.2) is 0 Å². The molecule has 11 nitrogen and oxygen atoms in total. The van der Waals surface area contributed by atoms with E-state index < -0.39 is 20.9 Å². The molecule has 0 atom stereocenters. The van der Waals surface area contributed by atoms with Crippen LogP contribution in [0.5, 0.6) is 5.75 Å². The van der Waals surface area contributed by atoms with Crippen molar-refractivity contribution in [2.75, 3.05) is 38.2 Å². The van der Waals surface area contributed by atoms with Crippen LogP contribution in [-0.2, 0) is 10.0 Å². The summed E-state index contributed by atoms with van der Waals surface area (Å²) >= 11 is 0. The lowest BCUT2D eigenvalue weighted by molar-refractivity contribution is -0.384. The molecule has 1 saturated heterocycles. The van der Waals surface area contributed by atoms with Crippen molar-refractivity contribution in [3.05, 3.63) is 57.6 Å². The first kappa shape index (κ1) is 22.5. The second-order valence-electron chi connectivity index (χ2n) is 6.94. The molecule has 166 valence electrons. The van der Waals surface area contributed by atoms with Gasteiger partial charge in [0, 0.05) is 38.3 Å². The SMILES string of the molecule is COc1ccc(C)cc1S(=O)(=O)N1CCN(c2ccc([N+](=O)[O-])cc2C(=O)NO)CC1. The Balaban J connectivity index is 1.85. The van der Waals surface area contributed by atoms with E-state index in [0.29, 0.717) is 5.69 Å². The van der Waals surface area contributed by atoms with Gasteiger partial charge >= 0.3 is 0 Å². The van der Waals surface area contributed by atoms with E-state index in [0.717, 1.165) is 11.6 Å². The number of carbonyl (C=O) groups excluding carboxylic acids is 1. The second kappa shape index (κ2) is 8.88. The summed E-state index contributed by atoms with van der Waals surface area (Å²) in [6, 6.07) is 8.66. The molecule has 12 heteroatoms. The number of aryl methyl sites for hydroxylation is 1. The molecule has 1 fully saturated rings. The van der Waals surface area contributed by atoms with Crippen LogP contribution < -0.4 is 15.1 Å². The second-order valence-corrected chi connectivity index (χ2v) is 8.85. The Hall–Kier alpha value is -3.22. The Morgan fingerprint density at radius 1 is 1.16 bits per heavy atom. The molecule has 1 aliphatic rings. The Morgan fingerprint density at radius 2 is 1.84 bits per heavy atom. The highest BCUT2D eigenvalue weighted by Crippen LogP contribution is 2.30. The average molecular weight is 450 g/mol. The van der Waals surface area contributed by atoms with Crippen LogP contribution in [0.4, 0.5) is 11.4 Å². The third kappa shape index (κ3) is 4.45. The molecule has 31 heavy (non-hydrogen) atoms. The normalized spacial score (nSPS) is 14.9. The van der Waals surface area contributed by atoms with Crippen molar-refractivity contribution in [3.63, 3.8) is 0 Å². The van der Waals surface area contributed by atoms with Crippen molar-refractivity contribution in [2.24, 2.45) is 0 Å². The summed E-state index contributed by atoms with van der Waals surface area (Å²) in [6.45, 7) is 2.56. The molecule has 2 N–H and O–H groups in total. The van der Waals surface area contributed by atoms with E-state index in [1.807, 2.05) is 0 Å². The van der Waals surface area contributed by atoms with E-state index in [9.17, 15) is 23.3 Å². The fourth-order valence-electron chi connectivity index (χ4n) is 3.45. The maximum atomic E-state index is 13.2. The predicted molar refractivity (Wildman–Crippen MR) is 111 cm³/mol. The number of sulfonamides is 1. The Morgan fingerprint density at radius 3 is 2.42 bits per heavy atom. The molecule has 3 rings (SSSR count). The van der Waals surface area contributed by atoms with E-state index >= 15 is 0 Å². The number of nitrogens with one attached hydrogen (secondary N) is 1. The molecular weight excluding hydrogens is 428 g/mol. The lowest BCUT2D eigenvalue weighted by atomic mass is 10.1. The van der Waals surface area contributed by atoms with E-state index in [1.165, 1.54) is 29.0 Å². The summed E-state index contributed by atoms with van der Waals surface area (Å²) in [5, 5.41) is 20.0. The van der Waals surface area contributed by atoms with Gasteiger partial charge in [-0.3, -0.25) is 20.1 Å². The molecule has 1 amide bonds. The molecule has 1 heterocycles. The molecule has 1 aliphatic heterocycles. The van der Waals surface area contributed by atoms with Crippen molar-refractivity contribution >= 4 is 27.3 Å². The lowest BCUT2D eigenvalue weighted by Crippen LogP contribution is -2.49. The van der Waals surface area contributed by atoms with Gasteiger partial charge in [-0.1, -0.05) is 6.07 Å². The van der Waals surface area contributed by atoms with E-state index in [-0.39, 0.29) is 48.1 Å². The minimum Gasteiger partial charge on any atom is -0.495 e. The van der Waals surface area contributed by atoms with Gasteiger partial charge in [0.1, 0.15) is 10.6 Å². The number of amides is 1. The fourth-order valence-corrected chi connectivity index (χ4v) is 5.11. The maximum absolute atomic E-state index is 13.2. The van der Waals surface area contributed by atoms with Gasteiger partial charge in [-0.05, 0) is 30.7 Å². The number of ether oxygens (including phenoxy) is 1.